The van der Waals surface area contributed by atoms with Crippen molar-refractivity contribution >= 4 is 18.3 Å². The van der Waals surface area contributed by atoms with Crippen LogP contribution in [0, 0.1) is 0 Å². The molecule has 10 heteroatoms. The zero-order chi connectivity index (χ0) is 20.0. The molecule has 3 rings (SSSR count). The quantitative estimate of drug-likeness (QED) is 0.705. The van der Waals surface area contributed by atoms with E-state index < -0.39 is 24.7 Å². The van der Waals surface area contributed by atoms with Gasteiger partial charge in [-0.25, -0.2) is 4.68 Å². The first-order valence-corrected chi connectivity index (χ1v) is 9.30. The summed E-state index contributed by atoms with van der Waals surface area (Å²) in [7, 11) is 0. The number of nitrogens with zero attached hydrogens (tertiary/aromatic N) is 3. The van der Waals surface area contributed by atoms with Gasteiger partial charge in [-0.1, -0.05) is 18.2 Å². The lowest BCUT2D eigenvalue weighted by atomic mass is 10.1. The Bertz CT molecular complexity index is 763. The molecule has 0 bridgehead atoms. The Balaban J connectivity index is 0.00000300. The summed E-state index contributed by atoms with van der Waals surface area (Å²) >= 11 is 0. The maximum atomic E-state index is 13.3. The van der Waals surface area contributed by atoms with Gasteiger partial charge < -0.3 is 10.6 Å². The Morgan fingerprint density at radius 2 is 1.90 bits per heavy atom. The van der Waals surface area contributed by atoms with Gasteiger partial charge in [-0.2, -0.15) is 18.3 Å². The summed E-state index contributed by atoms with van der Waals surface area (Å²) in [6.45, 7) is 1.25. The molecule has 29 heavy (non-hydrogen) atoms. The molecule has 0 saturated carbocycles. The smallest absolute Gasteiger partial charge is 0.354 e. The normalized spacial score (nSPS) is 16.1. The van der Waals surface area contributed by atoms with Gasteiger partial charge in [0.05, 0.1) is 11.9 Å². The molecule has 2 N–H and O–H groups in total. The molecular weight excluding hydrogens is 407 g/mol. The maximum absolute atomic E-state index is 13.3. The fourth-order valence-corrected chi connectivity index (χ4v) is 3.21. The number of amides is 1. The lowest BCUT2D eigenvalue weighted by Gasteiger charge is -2.35. The molecule has 1 unspecified atom stereocenters. The number of carbonyl (C=O) groups excluding carboxylic acids is 1. The number of carbonyl (C=O) groups is 1. The molecule has 1 aliphatic rings. The third-order valence-electron chi connectivity index (χ3n) is 4.76. The second-order valence-corrected chi connectivity index (χ2v) is 6.78. The van der Waals surface area contributed by atoms with Crippen molar-refractivity contribution in [3.05, 3.63) is 48.3 Å². The van der Waals surface area contributed by atoms with Crippen LogP contribution in [0.4, 0.5) is 13.2 Å². The van der Waals surface area contributed by atoms with E-state index in [9.17, 15) is 18.0 Å². The van der Waals surface area contributed by atoms with E-state index >= 15 is 0 Å². The number of para-hydroxylation sites is 1. The summed E-state index contributed by atoms with van der Waals surface area (Å²) in [5.74, 6) is -0.392. The van der Waals surface area contributed by atoms with Gasteiger partial charge in [0.1, 0.15) is 6.04 Å². The minimum Gasteiger partial charge on any atom is -0.354 e. The van der Waals surface area contributed by atoms with Gasteiger partial charge in [0.25, 0.3) is 0 Å². The molecular formula is C19H25ClF3N5O. The number of hydrogen-bond acceptors (Lipinski definition) is 4. The molecule has 2 aromatic rings. The van der Waals surface area contributed by atoms with Crippen molar-refractivity contribution in [2.75, 3.05) is 32.7 Å². The molecule has 2 heterocycles. The van der Waals surface area contributed by atoms with Gasteiger partial charge in [0.15, 0.2) is 0 Å². The molecule has 1 aliphatic heterocycles. The Morgan fingerprint density at radius 1 is 1.21 bits per heavy atom. The topological polar surface area (TPSA) is 62.2 Å². The average molecular weight is 432 g/mol. The van der Waals surface area contributed by atoms with Crippen molar-refractivity contribution in [1.82, 2.24) is 25.3 Å². The van der Waals surface area contributed by atoms with Crippen LogP contribution in [0.25, 0.3) is 5.69 Å². The summed E-state index contributed by atoms with van der Waals surface area (Å²) in [5, 5.41) is 9.74. The third-order valence-corrected chi connectivity index (χ3v) is 4.76. The molecule has 1 amide bonds. The highest BCUT2D eigenvalue weighted by molar-refractivity contribution is 5.85. The van der Waals surface area contributed by atoms with Gasteiger partial charge in [-0.3, -0.25) is 9.69 Å². The van der Waals surface area contributed by atoms with Crippen LogP contribution in [-0.4, -0.2) is 65.5 Å². The van der Waals surface area contributed by atoms with Gasteiger partial charge in [-0.05, 0) is 24.1 Å². The first-order chi connectivity index (χ1) is 13.4. The van der Waals surface area contributed by atoms with Gasteiger partial charge in [0.2, 0.25) is 5.91 Å². The number of alkyl halides is 3. The first-order valence-electron chi connectivity index (χ1n) is 9.30. The van der Waals surface area contributed by atoms with Crippen LogP contribution >= 0.6 is 12.4 Å². The molecule has 1 saturated heterocycles. The molecule has 160 valence electrons. The number of aryl methyl sites for hydroxylation is 1. The summed E-state index contributed by atoms with van der Waals surface area (Å²) in [6, 6.07) is 7.89. The highest BCUT2D eigenvalue weighted by Gasteiger charge is 2.43. The highest BCUT2D eigenvalue weighted by atomic mass is 35.5. The standard InChI is InChI=1S/C19H24F3N5O.ClH/c20-19(21,22)17(26-10-8-23-9-11-26)13-24-18(28)7-6-15-12-25-27(14-15)16-4-2-1-3-5-16;/h1-5,12,14,17,23H,6-11,13H2,(H,24,28);1H. The van der Waals surface area contributed by atoms with E-state index in [-0.39, 0.29) is 18.8 Å². The van der Waals surface area contributed by atoms with Gasteiger partial charge in [0, 0.05) is 45.3 Å². The SMILES string of the molecule is Cl.O=C(CCc1cnn(-c2ccccc2)c1)NCC(N1CCNCC1)C(F)(F)F. The fourth-order valence-electron chi connectivity index (χ4n) is 3.21. The predicted molar refractivity (Wildman–Crippen MR) is 106 cm³/mol. The van der Waals surface area contributed by atoms with Crippen molar-refractivity contribution in [3.8, 4) is 5.69 Å². The van der Waals surface area contributed by atoms with Crippen LogP contribution in [0.15, 0.2) is 42.7 Å². The van der Waals surface area contributed by atoms with Crippen LogP contribution in [0.1, 0.15) is 12.0 Å². The van der Waals surface area contributed by atoms with E-state index in [1.807, 2.05) is 36.5 Å². The molecule has 0 spiro atoms. The summed E-state index contributed by atoms with van der Waals surface area (Å²) in [6.07, 6.45) is -0.349. The second kappa shape index (κ2) is 10.6. The lowest BCUT2D eigenvalue weighted by Crippen LogP contribution is -2.57. The molecule has 1 fully saturated rings. The van der Waals surface area contributed by atoms with E-state index in [1.165, 1.54) is 4.90 Å². The zero-order valence-corrected chi connectivity index (χ0v) is 16.7. The number of hydrogen-bond donors (Lipinski definition) is 2. The van der Waals surface area contributed by atoms with Crippen LogP contribution in [0.2, 0.25) is 0 Å². The van der Waals surface area contributed by atoms with Gasteiger partial charge >= 0.3 is 6.18 Å². The average Bonchev–Trinajstić information content (AvgIpc) is 3.16. The van der Waals surface area contributed by atoms with Crippen molar-refractivity contribution in [3.63, 3.8) is 0 Å². The van der Waals surface area contributed by atoms with Crippen LogP contribution in [-0.2, 0) is 11.2 Å². The van der Waals surface area contributed by atoms with E-state index in [4.69, 9.17) is 0 Å². The molecule has 6 nitrogen and oxygen atoms in total. The fraction of sp³-hybridized carbons (Fsp3) is 0.474. The Morgan fingerprint density at radius 3 is 2.55 bits per heavy atom. The Labute approximate surface area is 173 Å². The minimum atomic E-state index is -4.37. The third kappa shape index (κ3) is 6.73. The van der Waals surface area contributed by atoms with Crippen molar-refractivity contribution in [2.45, 2.75) is 25.1 Å². The van der Waals surface area contributed by atoms with Crippen LogP contribution < -0.4 is 10.6 Å². The monoisotopic (exact) mass is 431 g/mol. The number of benzene rings is 1. The Hall–Kier alpha value is -2.10. The number of rotatable bonds is 7. The summed E-state index contributed by atoms with van der Waals surface area (Å²) < 4.78 is 41.7. The van der Waals surface area contributed by atoms with Crippen molar-refractivity contribution < 1.29 is 18.0 Å². The van der Waals surface area contributed by atoms with Crippen molar-refractivity contribution in [1.29, 1.82) is 0 Å². The van der Waals surface area contributed by atoms with Crippen LogP contribution in [0.3, 0.4) is 0 Å². The van der Waals surface area contributed by atoms with E-state index in [0.717, 1.165) is 11.3 Å². The maximum Gasteiger partial charge on any atom is 0.405 e. The predicted octanol–water partition coefficient (Wildman–Crippen LogP) is 2.18. The second-order valence-electron chi connectivity index (χ2n) is 6.78. The number of halogens is 4. The number of aromatic nitrogens is 2. The van der Waals surface area contributed by atoms with E-state index in [2.05, 4.69) is 15.7 Å². The number of piperazine rings is 1. The van der Waals surface area contributed by atoms with E-state index in [0.29, 0.717) is 32.6 Å². The highest BCUT2D eigenvalue weighted by Crippen LogP contribution is 2.24. The molecule has 1 aromatic carbocycles. The zero-order valence-electron chi connectivity index (χ0n) is 15.9. The largest absolute Gasteiger partial charge is 0.405 e. The minimum absolute atomic E-state index is 0. The van der Waals surface area contributed by atoms with Crippen LogP contribution in [0.5, 0.6) is 0 Å². The van der Waals surface area contributed by atoms with E-state index in [1.54, 1.807) is 10.9 Å². The number of nitrogens with one attached hydrogen (secondary N) is 2. The molecule has 1 atom stereocenters. The molecule has 0 aliphatic carbocycles. The molecule has 1 aromatic heterocycles. The summed E-state index contributed by atoms with van der Waals surface area (Å²) in [5.41, 5.74) is 1.76. The van der Waals surface area contributed by atoms with Gasteiger partial charge in [-0.15, -0.1) is 12.4 Å². The molecule has 0 radical (unpaired) electrons. The Kier molecular flexibility index (Phi) is 8.48. The van der Waals surface area contributed by atoms with Crippen molar-refractivity contribution in [2.24, 2.45) is 0 Å². The summed E-state index contributed by atoms with van der Waals surface area (Å²) in [4.78, 5) is 13.4. The lowest BCUT2D eigenvalue weighted by molar-refractivity contribution is -0.184. The first kappa shape index (κ1) is 23.2.